The molecule has 0 aromatic heterocycles. The smallest absolute Gasteiger partial charge is 0.234 e. The van der Waals surface area contributed by atoms with E-state index in [-0.39, 0.29) is 30.6 Å². The predicted molar refractivity (Wildman–Crippen MR) is 88.0 cm³/mol. The highest BCUT2D eigenvalue weighted by molar-refractivity contribution is 5.78. The van der Waals surface area contributed by atoms with E-state index in [0.29, 0.717) is 0 Å². The second kappa shape index (κ2) is 8.15. The lowest BCUT2D eigenvalue weighted by atomic mass is 10.0. The van der Waals surface area contributed by atoms with Crippen LogP contribution in [0.2, 0.25) is 0 Å². The first-order valence-corrected chi connectivity index (χ1v) is 7.59. The molecule has 0 fully saturated rings. The van der Waals surface area contributed by atoms with Gasteiger partial charge in [0.05, 0.1) is 26.3 Å². The quantitative estimate of drug-likeness (QED) is 0.771. The van der Waals surface area contributed by atoms with E-state index < -0.39 is 0 Å². The van der Waals surface area contributed by atoms with Gasteiger partial charge in [-0.1, -0.05) is 19.1 Å². The van der Waals surface area contributed by atoms with Crippen LogP contribution in [-0.4, -0.2) is 48.8 Å². The molecule has 1 aromatic carbocycles. The predicted octanol–water partition coefficient (Wildman–Crippen LogP) is 1.97. The largest absolute Gasteiger partial charge is 0.497 e. The standard InChI is InChI=1S/C17H28N2O3/c1-6-17(2,3)18-16(21)11-19(4)15(12-20)13-7-9-14(22-5)10-8-13/h7-10,15,20H,6,11-12H2,1-5H3,(H,18,21). The highest BCUT2D eigenvalue weighted by Crippen LogP contribution is 2.21. The number of benzene rings is 1. The number of amides is 1. The summed E-state index contributed by atoms with van der Waals surface area (Å²) >= 11 is 0. The maximum absolute atomic E-state index is 12.1. The molecule has 1 atom stereocenters. The molecule has 0 spiro atoms. The molecule has 124 valence electrons. The van der Waals surface area contributed by atoms with Crippen molar-refractivity contribution in [1.29, 1.82) is 0 Å². The summed E-state index contributed by atoms with van der Waals surface area (Å²) in [6.07, 6.45) is 0.865. The van der Waals surface area contributed by atoms with E-state index in [0.717, 1.165) is 17.7 Å². The van der Waals surface area contributed by atoms with Crippen LogP contribution < -0.4 is 10.1 Å². The summed E-state index contributed by atoms with van der Waals surface area (Å²) in [6.45, 7) is 6.22. The summed E-state index contributed by atoms with van der Waals surface area (Å²) in [5.74, 6) is 0.729. The Morgan fingerprint density at radius 3 is 2.41 bits per heavy atom. The molecule has 0 heterocycles. The Bertz CT molecular complexity index is 471. The minimum absolute atomic E-state index is 0.0405. The van der Waals surface area contributed by atoms with Gasteiger partial charge in [-0.05, 0) is 45.0 Å². The number of rotatable bonds is 8. The molecule has 5 heteroatoms. The molecule has 0 radical (unpaired) electrons. The third kappa shape index (κ3) is 5.31. The van der Waals surface area contributed by atoms with Crippen molar-refractivity contribution in [1.82, 2.24) is 10.2 Å². The molecule has 0 aliphatic heterocycles. The summed E-state index contributed by atoms with van der Waals surface area (Å²) < 4.78 is 5.13. The molecule has 0 saturated carbocycles. The van der Waals surface area contributed by atoms with Gasteiger partial charge in [0.15, 0.2) is 0 Å². The SMILES string of the molecule is CCC(C)(C)NC(=O)CN(C)C(CO)c1ccc(OC)cc1. The van der Waals surface area contributed by atoms with E-state index in [1.165, 1.54) is 0 Å². The van der Waals surface area contributed by atoms with Crippen molar-refractivity contribution in [2.75, 3.05) is 27.3 Å². The van der Waals surface area contributed by atoms with Crippen molar-refractivity contribution in [2.45, 2.75) is 38.8 Å². The van der Waals surface area contributed by atoms with Crippen LogP contribution in [0.25, 0.3) is 0 Å². The Labute approximate surface area is 133 Å². The van der Waals surface area contributed by atoms with Gasteiger partial charge in [0.25, 0.3) is 0 Å². The van der Waals surface area contributed by atoms with Crippen molar-refractivity contribution >= 4 is 5.91 Å². The molecule has 0 aliphatic rings. The fraction of sp³-hybridized carbons (Fsp3) is 0.588. The zero-order valence-electron chi connectivity index (χ0n) is 14.2. The van der Waals surface area contributed by atoms with E-state index in [9.17, 15) is 9.90 Å². The Morgan fingerprint density at radius 2 is 1.95 bits per heavy atom. The van der Waals surface area contributed by atoms with Gasteiger partial charge in [0.2, 0.25) is 5.91 Å². The zero-order valence-corrected chi connectivity index (χ0v) is 14.2. The van der Waals surface area contributed by atoms with E-state index >= 15 is 0 Å². The number of nitrogens with zero attached hydrogens (tertiary/aromatic N) is 1. The normalized spacial score (nSPS) is 13.0. The van der Waals surface area contributed by atoms with Crippen molar-refractivity contribution in [3.63, 3.8) is 0 Å². The number of likely N-dealkylation sites (N-methyl/N-ethyl adjacent to an activating group) is 1. The van der Waals surface area contributed by atoms with Crippen LogP contribution in [0.5, 0.6) is 5.75 Å². The first kappa shape index (κ1) is 18.5. The summed E-state index contributed by atoms with van der Waals surface area (Å²) in [6, 6.07) is 7.30. The van der Waals surface area contributed by atoms with E-state index in [1.807, 2.05) is 57.0 Å². The van der Waals surface area contributed by atoms with E-state index in [4.69, 9.17) is 4.74 Å². The van der Waals surface area contributed by atoms with Gasteiger partial charge < -0.3 is 15.2 Å². The van der Waals surface area contributed by atoms with Crippen LogP contribution in [0.1, 0.15) is 38.8 Å². The van der Waals surface area contributed by atoms with Crippen LogP contribution in [-0.2, 0) is 4.79 Å². The maximum atomic E-state index is 12.1. The number of carbonyl (C=O) groups is 1. The second-order valence-electron chi connectivity index (χ2n) is 6.17. The van der Waals surface area contributed by atoms with Crippen molar-refractivity contribution in [3.8, 4) is 5.75 Å². The summed E-state index contributed by atoms with van der Waals surface area (Å²) in [4.78, 5) is 14.0. The van der Waals surface area contributed by atoms with Crippen molar-refractivity contribution in [3.05, 3.63) is 29.8 Å². The van der Waals surface area contributed by atoms with Gasteiger partial charge in [0, 0.05) is 5.54 Å². The number of methoxy groups -OCH3 is 1. The molecule has 2 N–H and O–H groups in total. The molecule has 22 heavy (non-hydrogen) atoms. The van der Waals surface area contributed by atoms with Gasteiger partial charge >= 0.3 is 0 Å². The first-order chi connectivity index (χ1) is 10.3. The monoisotopic (exact) mass is 308 g/mol. The van der Waals surface area contributed by atoms with Crippen LogP contribution in [0.4, 0.5) is 0 Å². The number of aliphatic hydroxyl groups excluding tert-OH is 1. The van der Waals surface area contributed by atoms with Crippen molar-refractivity contribution < 1.29 is 14.6 Å². The average molecular weight is 308 g/mol. The van der Waals surface area contributed by atoms with Gasteiger partial charge in [-0.25, -0.2) is 0 Å². The lowest BCUT2D eigenvalue weighted by Crippen LogP contribution is -2.47. The molecule has 0 saturated heterocycles. The summed E-state index contributed by atoms with van der Waals surface area (Å²) in [5, 5.41) is 12.7. The molecular formula is C17H28N2O3. The molecule has 1 amide bonds. The molecular weight excluding hydrogens is 280 g/mol. The third-order valence-electron chi connectivity index (χ3n) is 3.96. The van der Waals surface area contributed by atoms with Crippen LogP contribution in [0, 0.1) is 0 Å². The van der Waals surface area contributed by atoms with Gasteiger partial charge in [0.1, 0.15) is 5.75 Å². The molecule has 1 aromatic rings. The molecule has 1 rings (SSSR count). The summed E-state index contributed by atoms with van der Waals surface area (Å²) in [5.41, 5.74) is 0.737. The zero-order chi connectivity index (χ0) is 16.8. The Kier molecular flexibility index (Phi) is 6.84. The lowest BCUT2D eigenvalue weighted by molar-refractivity contribution is -0.124. The molecule has 1 unspecified atom stereocenters. The van der Waals surface area contributed by atoms with Gasteiger partial charge in [-0.15, -0.1) is 0 Å². The Morgan fingerprint density at radius 1 is 1.36 bits per heavy atom. The lowest BCUT2D eigenvalue weighted by Gasteiger charge is -2.29. The fourth-order valence-corrected chi connectivity index (χ4v) is 2.17. The molecule has 0 bridgehead atoms. The number of hydrogen-bond donors (Lipinski definition) is 2. The third-order valence-corrected chi connectivity index (χ3v) is 3.96. The van der Waals surface area contributed by atoms with Crippen LogP contribution >= 0.6 is 0 Å². The average Bonchev–Trinajstić information content (AvgIpc) is 2.48. The van der Waals surface area contributed by atoms with Crippen LogP contribution in [0.15, 0.2) is 24.3 Å². The molecule has 0 aliphatic carbocycles. The molecule has 5 nitrogen and oxygen atoms in total. The first-order valence-electron chi connectivity index (χ1n) is 7.59. The highest BCUT2D eigenvalue weighted by atomic mass is 16.5. The minimum atomic E-state index is -0.221. The fourth-order valence-electron chi connectivity index (χ4n) is 2.17. The Hall–Kier alpha value is -1.59. The number of hydrogen-bond acceptors (Lipinski definition) is 4. The topological polar surface area (TPSA) is 61.8 Å². The summed E-state index contributed by atoms with van der Waals surface area (Å²) in [7, 11) is 3.45. The van der Waals surface area contributed by atoms with E-state index in [2.05, 4.69) is 5.32 Å². The number of carbonyl (C=O) groups excluding carboxylic acids is 1. The van der Waals surface area contributed by atoms with E-state index in [1.54, 1.807) is 7.11 Å². The maximum Gasteiger partial charge on any atom is 0.234 e. The Balaban J connectivity index is 2.71. The minimum Gasteiger partial charge on any atom is -0.497 e. The highest BCUT2D eigenvalue weighted by Gasteiger charge is 2.22. The number of ether oxygens (including phenoxy) is 1. The van der Waals surface area contributed by atoms with Crippen molar-refractivity contribution in [2.24, 2.45) is 0 Å². The van der Waals surface area contributed by atoms with Gasteiger partial charge in [-0.2, -0.15) is 0 Å². The van der Waals surface area contributed by atoms with Crippen LogP contribution in [0.3, 0.4) is 0 Å². The number of aliphatic hydroxyl groups is 1. The second-order valence-corrected chi connectivity index (χ2v) is 6.17. The van der Waals surface area contributed by atoms with Gasteiger partial charge in [-0.3, -0.25) is 9.69 Å². The number of nitrogens with one attached hydrogen (secondary N) is 1.